The van der Waals surface area contributed by atoms with Crippen LogP contribution in [0.5, 0.6) is 0 Å². The van der Waals surface area contributed by atoms with Gasteiger partial charge in [0.15, 0.2) is 5.16 Å². The van der Waals surface area contributed by atoms with Crippen LogP contribution in [0.1, 0.15) is 41.5 Å². The predicted octanol–water partition coefficient (Wildman–Crippen LogP) is 1.88. The van der Waals surface area contributed by atoms with E-state index in [1.165, 1.54) is 11.8 Å². The van der Waals surface area contributed by atoms with Gasteiger partial charge in [-0.15, -0.1) is 10.2 Å². The number of aromatic nitrogens is 3. The van der Waals surface area contributed by atoms with E-state index < -0.39 is 16.8 Å². The van der Waals surface area contributed by atoms with E-state index in [0.29, 0.717) is 24.3 Å². The first-order chi connectivity index (χ1) is 13.1. The van der Waals surface area contributed by atoms with Gasteiger partial charge in [-0.2, -0.15) is 0 Å². The second-order valence-electron chi connectivity index (χ2n) is 8.34. The Morgan fingerprint density at radius 2 is 1.82 bits per heavy atom. The molecule has 1 aromatic heterocycles. The molecule has 2 heterocycles. The highest BCUT2D eigenvalue weighted by atomic mass is 32.2. The Bertz CT molecular complexity index is 679. The third-order valence-electron chi connectivity index (χ3n) is 3.92. The molecule has 1 unspecified atom stereocenters. The van der Waals surface area contributed by atoms with Crippen LogP contribution >= 0.6 is 11.8 Å². The number of hydrogen-bond acceptors (Lipinski definition) is 7. The first kappa shape index (κ1) is 22.5. The van der Waals surface area contributed by atoms with Crippen molar-refractivity contribution in [3.8, 4) is 0 Å². The summed E-state index contributed by atoms with van der Waals surface area (Å²) >= 11 is 1.30. The number of thioether (sulfide) groups is 1. The molecule has 0 radical (unpaired) electrons. The number of amides is 3. The number of carbonyl (C=O) groups excluding carboxylic acids is 2. The Morgan fingerprint density at radius 1 is 1.18 bits per heavy atom. The minimum absolute atomic E-state index is 0.362. The van der Waals surface area contributed by atoms with Gasteiger partial charge in [0.1, 0.15) is 0 Å². The Morgan fingerprint density at radius 3 is 2.39 bits per heavy atom. The lowest BCUT2D eigenvalue weighted by Gasteiger charge is -2.28. The number of morpholine rings is 1. The summed E-state index contributed by atoms with van der Waals surface area (Å²) in [5.41, 5.74) is -0.411. The van der Waals surface area contributed by atoms with Gasteiger partial charge < -0.3 is 15.0 Å². The summed E-state index contributed by atoms with van der Waals surface area (Å²) in [5, 5.41) is 14.0. The van der Waals surface area contributed by atoms with Gasteiger partial charge in [0.25, 0.3) is 0 Å². The lowest BCUT2D eigenvalue weighted by Crippen LogP contribution is -2.49. The van der Waals surface area contributed by atoms with Crippen molar-refractivity contribution in [2.45, 2.75) is 64.0 Å². The van der Waals surface area contributed by atoms with Gasteiger partial charge in [0.05, 0.1) is 18.5 Å². The van der Waals surface area contributed by atoms with Gasteiger partial charge in [-0.05, 0) is 33.6 Å². The molecule has 1 aromatic rings. The van der Waals surface area contributed by atoms with E-state index in [9.17, 15) is 9.59 Å². The standard InChI is InChI=1S/C18H32N6O3S/c1-12(2)11-24-16(23-7-9-27-10-8-23)21-22-17(24)28-13(3)14(25)19-15(26)20-18(4,5)6/h12-13H,7-11H2,1-6H3,(H2,19,20,25,26). The zero-order valence-electron chi connectivity index (χ0n) is 17.6. The van der Waals surface area contributed by atoms with Crippen LogP contribution in [0.25, 0.3) is 0 Å². The van der Waals surface area contributed by atoms with E-state index in [1.54, 1.807) is 6.92 Å². The van der Waals surface area contributed by atoms with Gasteiger partial charge in [0, 0.05) is 25.2 Å². The van der Waals surface area contributed by atoms with E-state index >= 15 is 0 Å². The molecule has 3 amide bonds. The van der Waals surface area contributed by atoms with Crippen molar-refractivity contribution >= 4 is 29.6 Å². The molecule has 9 nitrogen and oxygen atoms in total. The van der Waals surface area contributed by atoms with Crippen LogP contribution in [0.3, 0.4) is 0 Å². The van der Waals surface area contributed by atoms with Gasteiger partial charge in [0.2, 0.25) is 11.9 Å². The number of imide groups is 1. The number of anilines is 1. The largest absolute Gasteiger partial charge is 0.378 e. The summed E-state index contributed by atoms with van der Waals surface area (Å²) in [6.07, 6.45) is 0. The molecule has 1 aliphatic heterocycles. The van der Waals surface area contributed by atoms with E-state index in [2.05, 4.69) is 44.1 Å². The van der Waals surface area contributed by atoms with Crippen LogP contribution in [0.4, 0.5) is 10.7 Å². The van der Waals surface area contributed by atoms with Crippen LogP contribution in [0, 0.1) is 5.92 Å². The molecular weight excluding hydrogens is 380 g/mol. The lowest BCUT2D eigenvalue weighted by atomic mass is 10.1. The maximum Gasteiger partial charge on any atom is 0.321 e. The van der Waals surface area contributed by atoms with Crippen molar-refractivity contribution in [2.75, 3.05) is 31.2 Å². The normalized spacial score (nSPS) is 16.2. The van der Waals surface area contributed by atoms with E-state index in [4.69, 9.17) is 4.74 Å². The highest BCUT2D eigenvalue weighted by Crippen LogP contribution is 2.27. The topological polar surface area (TPSA) is 101 Å². The second-order valence-corrected chi connectivity index (χ2v) is 9.65. The Hall–Kier alpha value is -1.81. The minimum Gasteiger partial charge on any atom is -0.378 e. The Balaban J connectivity index is 2.08. The molecule has 2 rings (SSSR count). The third-order valence-corrected chi connectivity index (χ3v) is 5.00. The van der Waals surface area contributed by atoms with E-state index in [-0.39, 0.29) is 5.91 Å². The van der Waals surface area contributed by atoms with Crippen molar-refractivity contribution in [1.29, 1.82) is 0 Å². The first-order valence-electron chi connectivity index (χ1n) is 9.62. The molecule has 158 valence electrons. The maximum absolute atomic E-state index is 12.4. The average Bonchev–Trinajstić information content (AvgIpc) is 2.95. The lowest BCUT2D eigenvalue weighted by molar-refractivity contribution is -0.119. The summed E-state index contributed by atoms with van der Waals surface area (Å²) in [4.78, 5) is 26.5. The zero-order chi connectivity index (χ0) is 20.9. The summed E-state index contributed by atoms with van der Waals surface area (Å²) in [6, 6.07) is -0.498. The first-order valence-corrected chi connectivity index (χ1v) is 10.5. The molecule has 0 aliphatic carbocycles. The van der Waals surface area contributed by atoms with Crippen LogP contribution < -0.4 is 15.5 Å². The average molecular weight is 413 g/mol. The van der Waals surface area contributed by atoms with Crippen molar-refractivity contribution in [2.24, 2.45) is 5.92 Å². The fourth-order valence-electron chi connectivity index (χ4n) is 2.69. The number of hydrogen-bond donors (Lipinski definition) is 2. The second kappa shape index (κ2) is 9.60. The van der Waals surface area contributed by atoms with Gasteiger partial charge in [-0.25, -0.2) is 4.79 Å². The molecule has 2 N–H and O–H groups in total. The number of urea groups is 1. The fraction of sp³-hybridized carbons (Fsp3) is 0.778. The molecule has 1 fully saturated rings. The molecule has 0 spiro atoms. The Kier molecular flexibility index (Phi) is 7.70. The Labute approximate surface area is 171 Å². The number of carbonyl (C=O) groups is 2. The summed E-state index contributed by atoms with van der Waals surface area (Å²) in [6.45, 7) is 15.2. The molecule has 10 heteroatoms. The van der Waals surface area contributed by atoms with Crippen LogP contribution in [0.2, 0.25) is 0 Å². The van der Waals surface area contributed by atoms with Crippen molar-refractivity contribution < 1.29 is 14.3 Å². The highest BCUT2D eigenvalue weighted by Gasteiger charge is 2.25. The SMILES string of the molecule is CC(C)Cn1c(SC(C)C(=O)NC(=O)NC(C)(C)C)nnc1N1CCOCC1. The maximum atomic E-state index is 12.4. The summed E-state index contributed by atoms with van der Waals surface area (Å²) in [7, 11) is 0. The molecule has 1 atom stereocenters. The van der Waals surface area contributed by atoms with E-state index in [1.807, 2.05) is 20.8 Å². The van der Waals surface area contributed by atoms with Crippen LogP contribution in [-0.4, -0.2) is 63.8 Å². The molecule has 0 bridgehead atoms. The third kappa shape index (κ3) is 6.66. The summed E-state index contributed by atoms with van der Waals surface area (Å²) in [5.74, 6) is 0.841. The molecule has 1 saturated heterocycles. The number of nitrogens with zero attached hydrogens (tertiary/aromatic N) is 4. The fourth-order valence-corrected chi connectivity index (χ4v) is 3.54. The van der Waals surface area contributed by atoms with Crippen molar-refractivity contribution in [3.63, 3.8) is 0 Å². The van der Waals surface area contributed by atoms with Gasteiger partial charge in [-0.1, -0.05) is 25.6 Å². The van der Waals surface area contributed by atoms with E-state index in [0.717, 1.165) is 25.6 Å². The molecule has 0 saturated carbocycles. The quantitative estimate of drug-likeness (QED) is 0.688. The highest BCUT2D eigenvalue weighted by molar-refractivity contribution is 8.00. The minimum atomic E-state index is -0.498. The smallest absolute Gasteiger partial charge is 0.321 e. The molecule has 1 aliphatic rings. The monoisotopic (exact) mass is 412 g/mol. The van der Waals surface area contributed by atoms with Gasteiger partial charge in [-0.3, -0.25) is 14.7 Å². The van der Waals surface area contributed by atoms with Crippen molar-refractivity contribution in [3.05, 3.63) is 0 Å². The molecular formula is C18H32N6O3S. The summed E-state index contributed by atoms with van der Waals surface area (Å²) < 4.78 is 7.48. The van der Waals surface area contributed by atoms with Crippen LogP contribution in [-0.2, 0) is 16.1 Å². The number of nitrogens with one attached hydrogen (secondary N) is 2. The number of ether oxygens (including phenoxy) is 1. The predicted molar refractivity (Wildman–Crippen MR) is 110 cm³/mol. The van der Waals surface area contributed by atoms with Gasteiger partial charge >= 0.3 is 6.03 Å². The van der Waals surface area contributed by atoms with Crippen molar-refractivity contribution in [1.82, 2.24) is 25.4 Å². The number of rotatable bonds is 6. The molecule has 28 heavy (non-hydrogen) atoms. The van der Waals surface area contributed by atoms with Crippen LogP contribution in [0.15, 0.2) is 5.16 Å². The zero-order valence-corrected chi connectivity index (χ0v) is 18.4. The molecule has 0 aromatic carbocycles.